The van der Waals surface area contributed by atoms with Crippen LogP contribution < -0.4 is 0 Å². The molecule has 1 aliphatic rings. The summed E-state index contributed by atoms with van der Waals surface area (Å²) in [6.07, 6.45) is 6.32. The Bertz CT molecular complexity index is 177. The standard InChI is InChI=1S/C11H19N/c1-3-11-7-4-5-9-12(2)10-6-8-11/h1,4-10H2,2H3. The van der Waals surface area contributed by atoms with E-state index in [9.17, 15) is 0 Å². The highest BCUT2D eigenvalue weighted by molar-refractivity contribution is 4.99. The van der Waals surface area contributed by atoms with Crippen LogP contribution in [0, 0.1) is 0 Å². The maximum absolute atomic E-state index is 3.73. The first kappa shape index (κ1) is 9.57. The summed E-state index contributed by atoms with van der Waals surface area (Å²) in [6, 6.07) is 0. The van der Waals surface area contributed by atoms with Gasteiger partial charge in [0.25, 0.3) is 0 Å². The monoisotopic (exact) mass is 165 g/mol. The van der Waals surface area contributed by atoms with Crippen LogP contribution in [0.4, 0.5) is 0 Å². The van der Waals surface area contributed by atoms with E-state index in [4.69, 9.17) is 0 Å². The van der Waals surface area contributed by atoms with Crippen molar-refractivity contribution in [3.63, 3.8) is 0 Å². The average molecular weight is 165 g/mol. The normalized spacial score (nSPS) is 22.2. The van der Waals surface area contributed by atoms with Gasteiger partial charge >= 0.3 is 0 Å². The van der Waals surface area contributed by atoms with Crippen molar-refractivity contribution in [3.8, 4) is 0 Å². The zero-order valence-corrected chi connectivity index (χ0v) is 8.10. The third-order valence-electron chi connectivity index (χ3n) is 2.54. The van der Waals surface area contributed by atoms with Gasteiger partial charge in [-0.1, -0.05) is 6.58 Å². The maximum Gasteiger partial charge on any atom is -0.00185 e. The first-order valence-corrected chi connectivity index (χ1v) is 4.89. The van der Waals surface area contributed by atoms with Gasteiger partial charge in [0.05, 0.1) is 0 Å². The molecule has 0 bridgehead atoms. The van der Waals surface area contributed by atoms with Crippen molar-refractivity contribution < 1.29 is 0 Å². The van der Waals surface area contributed by atoms with Gasteiger partial charge in [0, 0.05) is 0 Å². The highest BCUT2D eigenvalue weighted by Gasteiger charge is 2.04. The molecule has 0 unspecified atom stereocenters. The van der Waals surface area contributed by atoms with Crippen LogP contribution in [0.25, 0.3) is 0 Å². The lowest BCUT2D eigenvalue weighted by molar-refractivity contribution is 0.328. The van der Waals surface area contributed by atoms with Crippen molar-refractivity contribution in [3.05, 3.63) is 17.9 Å². The zero-order chi connectivity index (χ0) is 8.81. The second-order valence-corrected chi connectivity index (χ2v) is 3.64. The molecule has 68 valence electrons. The fourth-order valence-electron chi connectivity index (χ4n) is 1.70. The second-order valence-electron chi connectivity index (χ2n) is 3.64. The molecule has 0 aromatic rings. The Balaban J connectivity index is 2.42. The Hall–Kier alpha value is -0.520. The van der Waals surface area contributed by atoms with Crippen LogP contribution in [0.2, 0.25) is 0 Å². The summed E-state index contributed by atoms with van der Waals surface area (Å²) in [5.41, 5.74) is 4.50. The van der Waals surface area contributed by atoms with Crippen LogP contribution in [-0.2, 0) is 0 Å². The molecule has 0 aromatic carbocycles. The van der Waals surface area contributed by atoms with E-state index in [0.29, 0.717) is 0 Å². The zero-order valence-electron chi connectivity index (χ0n) is 8.10. The lowest BCUT2D eigenvalue weighted by Crippen LogP contribution is -2.20. The summed E-state index contributed by atoms with van der Waals surface area (Å²) in [4.78, 5) is 2.42. The molecule has 1 saturated heterocycles. The van der Waals surface area contributed by atoms with Gasteiger partial charge < -0.3 is 4.90 Å². The summed E-state index contributed by atoms with van der Waals surface area (Å²) < 4.78 is 0. The first-order valence-electron chi connectivity index (χ1n) is 4.89. The van der Waals surface area contributed by atoms with Crippen molar-refractivity contribution in [1.82, 2.24) is 4.90 Å². The van der Waals surface area contributed by atoms with Crippen molar-refractivity contribution in [2.24, 2.45) is 0 Å². The molecular weight excluding hydrogens is 146 g/mol. The second kappa shape index (κ2) is 5.18. The van der Waals surface area contributed by atoms with E-state index in [1.54, 1.807) is 0 Å². The quantitative estimate of drug-likeness (QED) is 0.499. The van der Waals surface area contributed by atoms with Crippen molar-refractivity contribution in [2.45, 2.75) is 32.1 Å². The smallest absolute Gasteiger partial charge is 0.00185 e. The Morgan fingerprint density at radius 1 is 1.17 bits per heavy atom. The molecule has 1 aliphatic heterocycles. The number of hydrogen-bond donors (Lipinski definition) is 0. The van der Waals surface area contributed by atoms with E-state index < -0.39 is 0 Å². The number of nitrogens with zero attached hydrogens (tertiary/aromatic N) is 1. The summed E-state index contributed by atoms with van der Waals surface area (Å²) >= 11 is 0. The molecule has 1 fully saturated rings. The molecule has 0 N–H and O–H groups in total. The lowest BCUT2D eigenvalue weighted by atomic mass is 10.1. The largest absolute Gasteiger partial charge is 0.306 e. The molecule has 0 aliphatic carbocycles. The van der Waals surface area contributed by atoms with E-state index in [1.807, 2.05) is 0 Å². The van der Waals surface area contributed by atoms with E-state index in [0.717, 1.165) is 0 Å². The van der Waals surface area contributed by atoms with Gasteiger partial charge in [0.1, 0.15) is 0 Å². The highest BCUT2D eigenvalue weighted by atomic mass is 15.1. The van der Waals surface area contributed by atoms with Gasteiger partial charge in [-0.3, -0.25) is 0 Å². The van der Waals surface area contributed by atoms with E-state index in [-0.39, 0.29) is 0 Å². The molecule has 0 atom stereocenters. The SMILES string of the molecule is C=C=C1CCCCN(C)CCC1. The molecular formula is C11H19N. The lowest BCUT2D eigenvalue weighted by Gasteiger charge is -2.13. The highest BCUT2D eigenvalue weighted by Crippen LogP contribution is 2.15. The molecule has 1 heteroatoms. The van der Waals surface area contributed by atoms with Crippen LogP contribution in [0.1, 0.15) is 32.1 Å². The van der Waals surface area contributed by atoms with Gasteiger partial charge in [0.15, 0.2) is 0 Å². The maximum atomic E-state index is 3.73. The fourth-order valence-corrected chi connectivity index (χ4v) is 1.70. The molecule has 12 heavy (non-hydrogen) atoms. The van der Waals surface area contributed by atoms with Crippen LogP contribution in [0.5, 0.6) is 0 Å². The summed E-state index contributed by atoms with van der Waals surface area (Å²) in [6.45, 7) is 6.21. The predicted octanol–water partition coefficient (Wildman–Crippen LogP) is 2.59. The van der Waals surface area contributed by atoms with Crippen molar-refractivity contribution >= 4 is 0 Å². The summed E-state index contributed by atoms with van der Waals surface area (Å²) in [5.74, 6) is 0. The van der Waals surface area contributed by atoms with Gasteiger partial charge in [-0.05, 0) is 57.8 Å². The summed E-state index contributed by atoms with van der Waals surface area (Å²) in [5, 5.41) is 0. The minimum Gasteiger partial charge on any atom is -0.306 e. The Morgan fingerprint density at radius 2 is 1.83 bits per heavy atom. The third-order valence-corrected chi connectivity index (χ3v) is 2.54. The molecule has 0 aromatic heterocycles. The summed E-state index contributed by atoms with van der Waals surface area (Å²) in [7, 11) is 2.21. The number of rotatable bonds is 0. The van der Waals surface area contributed by atoms with Gasteiger partial charge in [-0.15, -0.1) is 5.73 Å². The molecule has 1 heterocycles. The number of hydrogen-bond acceptors (Lipinski definition) is 1. The van der Waals surface area contributed by atoms with E-state index >= 15 is 0 Å². The Kier molecular flexibility index (Phi) is 4.13. The Labute approximate surface area is 75.8 Å². The Morgan fingerprint density at radius 3 is 2.58 bits per heavy atom. The van der Waals surface area contributed by atoms with Crippen molar-refractivity contribution in [2.75, 3.05) is 20.1 Å². The molecule has 0 radical (unpaired) electrons. The molecule has 1 nitrogen and oxygen atoms in total. The average Bonchev–Trinajstić information content (AvgIpc) is 2.17. The first-order chi connectivity index (χ1) is 5.83. The topological polar surface area (TPSA) is 3.24 Å². The molecule has 1 rings (SSSR count). The number of allylic oxidation sites excluding steroid dienone is 1. The van der Waals surface area contributed by atoms with Gasteiger partial charge in [-0.25, -0.2) is 0 Å². The van der Waals surface area contributed by atoms with E-state index in [1.165, 1.54) is 50.8 Å². The van der Waals surface area contributed by atoms with Crippen LogP contribution in [-0.4, -0.2) is 25.0 Å². The van der Waals surface area contributed by atoms with E-state index in [2.05, 4.69) is 24.3 Å². The molecule has 0 saturated carbocycles. The fraction of sp³-hybridized carbons (Fsp3) is 0.727. The predicted molar refractivity (Wildman–Crippen MR) is 53.2 cm³/mol. The minimum absolute atomic E-state index is 1.20. The molecule has 0 spiro atoms. The van der Waals surface area contributed by atoms with Crippen LogP contribution in [0.15, 0.2) is 17.9 Å². The minimum atomic E-state index is 1.20. The van der Waals surface area contributed by atoms with Gasteiger partial charge in [0.2, 0.25) is 0 Å². The van der Waals surface area contributed by atoms with Crippen LogP contribution >= 0.6 is 0 Å². The van der Waals surface area contributed by atoms with Crippen molar-refractivity contribution in [1.29, 1.82) is 0 Å². The molecule has 0 amide bonds. The van der Waals surface area contributed by atoms with Gasteiger partial charge in [-0.2, -0.15) is 0 Å². The van der Waals surface area contributed by atoms with Crippen LogP contribution in [0.3, 0.4) is 0 Å². The third kappa shape index (κ3) is 3.25.